The Morgan fingerprint density at radius 2 is 2.14 bits per heavy atom. The van der Waals surface area contributed by atoms with E-state index in [2.05, 4.69) is 25.7 Å². The van der Waals surface area contributed by atoms with Crippen LogP contribution in [-0.4, -0.2) is 30.6 Å². The van der Waals surface area contributed by atoms with E-state index in [1.54, 1.807) is 22.7 Å². The van der Waals surface area contributed by atoms with Crippen molar-refractivity contribution in [2.75, 3.05) is 5.32 Å². The number of carbonyl (C=O) groups is 1. The van der Waals surface area contributed by atoms with Crippen molar-refractivity contribution in [3.8, 4) is 11.5 Å². The first-order valence-corrected chi connectivity index (χ1v) is 8.85. The molecular formula is C19H17FN6O2. The van der Waals surface area contributed by atoms with Crippen molar-refractivity contribution >= 4 is 17.2 Å². The number of nitrogens with one attached hydrogen (secondary N) is 1. The summed E-state index contributed by atoms with van der Waals surface area (Å²) in [6.45, 7) is 2.04. The van der Waals surface area contributed by atoms with Gasteiger partial charge < -0.3 is 9.84 Å². The van der Waals surface area contributed by atoms with E-state index in [1.807, 2.05) is 13.0 Å². The molecule has 28 heavy (non-hydrogen) atoms. The molecule has 4 aromatic rings. The van der Waals surface area contributed by atoms with Crippen LogP contribution in [0, 0.1) is 5.82 Å². The molecule has 0 bridgehead atoms. The minimum atomic E-state index is -0.419. The Bertz CT molecular complexity index is 1140. The molecule has 142 valence electrons. The number of anilines is 1. The quantitative estimate of drug-likeness (QED) is 0.552. The number of carbonyl (C=O) groups excluding carboxylic acids is 1. The Kier molecular flexibility index (Phi) is 4.79. The molecule has 3 heterocycles. The van der Waals surface area contributed by atoms with E-state index < -0.39 is 5.82 Å². The van der Waals surface area contributed by atoms with E-state index in [0.29, 0.717) is 34.4 Å². The topological polar surface area (TPSA) is 98.2 Å². The predicted molar refractivity (Wildman–Crippen MR) is 99.0 cm³/mol. The molecule has 1 amide bonds. The Morgan fingerprint density at radius 1 is 1.25 bits per heavy atom. The van der Waals surface area contributed by atoms with Crippen molar-refractivity contribution in [1.82, 2.24) is 24.7 Å². The molecule has 0 saturated heterocycles. The van der Waals surface area contributed by atoms with E-state index >= 15 is 0 Å². The van der Waals surface area contributed by atoms with E-state index in [9.17, 15) is 9.18 Å². The number of benzene rings is 1. The molecule has 0 aliphatic rings. The predicted octanol–water partition coefficient (Wildman–Crippen LogP) is 3.05. The maximum Gasteiger partial charge on any atom is 0.261 e. The number of hydrogen-bond donors (Lipinski definition) is 1. The lowest BCUT2D eigenvalue weighted by Crippen LogP contribution is -2.16. The zero-order valence-corrected chi connectivity index (χ0v) is 15.1. The van der Waals surface area contributed by atoms with E-state index in [4.69, 9.17) is 4.52 Å². The molecule has 9 heteroatoms. The largest absolute Gasteiger partial charge is 0.334 e. The van der Waals surface area contributed by atoms with Crippen LogP contribution in [0.15, 0.2) is 47.1 Å². The third kappa shape index (κ3) is 3.59. The fourth-order valence-electron chi connectivity index (χ4n) is 2.85. The van der Waals surface area contributed by atoms with Gasteiger partial charge in [0, 0.05) is 18.3 Å². The molecule has 4 rings (SSSR count). The van der Waals surface area contributed by atoms with Crippen molar-refractivity contribution in [2.45, 2.75) is 26.2 Å². The molecule has 1 N–H and O–H groups in total. The maximum absolute atomic E-state index is 13.3. The highest BCUT2D eigenvalue weighted by Crippen LogP contribution is 2.22. The highest BCUT2D eigenvalue weighted by molar-refractivity contribution is 5.92. The van der Waals surface area contributed by atoms with Gasteiger partial charge in [0.15, 0.2) is 11.5 Å². The van der Waals surface area contributed by atoms with Crippen LogP contribution >= 0.6 is 0 Å². The van der Waals surface area contributed by atoms with Crippen molar-refractivity contribution in [1.29, 1.82) is 0 Å². The molecule has 1 aromatic carbocycles. The summed E-state index contributed by atoms with van der Waals surface area (Å²) in [7, 11) is 0. The fraction of sp³-hybridized carbons (Fsp3) is 0.211. The molecule has 0 aliphatic heterocycles. The summed E-state index contributed by atoms with van der Waals surface area (Å²) in [5.74, 6) is 0.690. The highest BCUT2D eigenvalue weighted by Gasteiger charge is 2.17. The third-order valence-corrected chi connectivity index (χ3v) is 4.10. The van der Waals surface area contributed by atoms with Gasteiger partial charge in [0.25, 0.3) is 5.89 Å². The van der Waals surface area contributed by atoms with Gasteiger partial charge in [-0.3, -0.25) is 9.20 Å². The van der Waals surface area contributed by atoms with Gasteiger partial charge in [-0.2, -0.15) is 4.98 Å². The van der Waals surface area contributed by atoms with Crippen molar-refractivity contribution in [3.05, 3.63) is 60.1 Å². The Balaban J connectivity index is 1.58. The molecule has 0 spiro atoms. The van der Waals surface area contributed by atoms with Gasteiger partial charge in [0.05, 0.1) is 12.0 Å². The van der Waals surface area contributed by atoms with E-state index in [-0.39, 0.29) is 12.3 Å². The Morgan fingerprint density at radius 3 is 2.96 bits per heavy atom. The van der Waals surface area contributed by atoms with Gasteiger partial charge in [-0.1, -0.05) is 18.1 Å². The first-order valence-electron chi connectivity index (χ1n) is 8.85. The third-order valence-electron chi connectivity index (χ3n) is 4.10. The van der Waals surface area contributed by atoms with Crippen LogP contribution in [0.25, 0.3) is 17.1 Å². The maximum atomic E-state index is 13.3. The zero-order chi connectivity index (χ0) is 19.5. The molecule has 3 aromatic heterocycles. The van der Waals surface area contributed by atoms with Gasteiger partial charge >= 0.3 is 0 Å². The van der Waals surface area contributed by atoms with Gasteiger partial charge in [0.1, 0.15) is 11.6 Å². The van der Waals surface area contributed by atoms with Gasteiger partial charge in [-0.15, -0.1) is 10.2 Å². The average Bonchev–Trinajstić information content (AvgIpc) is 3.29. The summed E-state index contributed by atoms with van der Waals surface area (Å²) in [5.41, 5.74) is 1.54. The number of halogens is 1. The monoisotopic (exact) mass is 380 g/mol. The number of rotatable bonds is 6. The molecule has 0 fully saturated rings. The highest BCUT2D eigenvalue weighted by atomic mass is 19.1. The second kappa shape index (κ2) is 7.55. The minimum absolute atomic E-state index is 0.0218. The number of fused-ring (bicyclic) bond motifs is 1. The molecule has 8 nitrogen and oxygen atoms in total. The van der Waals surface area contributed by atoms with Crippen molar-refractivity contribution in [2.24, 2.45) is 0 Å². The first kappa shape index (κ1) is 17.8. The summed E-state index contributed by atoms with van der Waals surface area (Å²) >= 11 is 0. The minimum Gasteiger partial charge on any atom is -0.334 e. The fourth-order valence-corrected chi connectivity index (χ4v) is 2.85. The molecular weight excluding hydrogens is 363 g/mol. The summed E-state index contributed by atoms with van der Waals surface area (Å²) < 4.78 is 20.3. The standard InChI is InChI=1S/C19H17FN6O2/c1-2-5-15-22-19(28-25-15)14-8-4-9-26-16(23-24-18(14)26)11-17(27)21-13-7-3-6-12(20)10-13/h3-4,6-10H,2,5,11H2,1H3,(H,21,27). The Hall–Kier alpha value is -3.62. The number of aromatic nitrogens is 5. The Labute approximate surface area is 159 Å². The smallest absolute Gasteiger partial charge is 0.261 e. The zero-order valence-electron chi connectivity index (χ0n) is 15.1. The number of pyridine rings is 1. The van der Waals surface area contributed by atoms with Crippen molar-refractivity contribution in [3.63, 3.8) is 0 Å². The molecule has 0 saturated carbocycles. The van der Waals surface area contributed by atoms with Crippen LogP contribution < -0.4 is 5.32 Å². The lowest BCUT2D eigenvalue weighted by atomic mass is 10.2. The number of hydrogen-bond acceptors (Lipinski definition) is 6. The molecule has 0 aliphatic carbocycles. The lowest BCUT2D eigenvalue weighted by molar-refractivity contribution is -0.115. The summed E-state index contributed by atoms with van der Waals surface area (Å²) in [6.07, 6.45) is 3.38. The van der Waals surface area contributed by atoms with Crippen LogP contribution in [0.5, 0.6) is 0 Å². The van der Waals surface area contributed by atoms with E-state index in [0.717, 1.165) is 12.8 Å². The van der Waals surface area contributed by atoms with Gasteiger partial charge in [-0.25, -0.2) is 4.39 Å². The number of amides is 1. The first-order chi connectivity index (χ1) is 13.6. The second-order valence-electron chi connectivity index (χ2n) is 6.23. The van der Waals surface area contributed by atoms with Crippen LogP contribution in [0.4, 0.5) is 10.1 Å². The van der Waals surface area contributed by atoms with Gasteiger partial charge in [0.2, 0.25) is 5.91 Å². The van der Waals surface area contributed by atoms with Crippen LogP contribution in [0.2, 0.25) is 0 Å². The van der Waals surface area contributed by atoms with E-state index in [1.165, 1.54) is 18.2 Å². The second-order valence-corrected chi connectivity index (χ2v) is 6.23. The number of nitrogens with zero attached hydrogens (tertiary/aromatic N) is 5. The van der Waals surface area contributed by atoms with Crippen LogP contribution in [0.1, 0.15) is 25.0 Å². The molecule has 0 radical (unpaired) electrons. The van der Waals surface area contributed by atoms with Crippen LogP contribution in [0.3, 0.4) is 0 Å². The summed E-state index contributed by atoms with van der Waals surface area (Å²) in [6, 6.07) is 9.31. The average molecular weight is 380 g/mol. The van der Waals surface area contributed by atoms with Gasteiger partial charge in [-0.05, 0) is 36.8 Å². The molecule has 0 unspecified atom stereocenters. The number of aryl methyl sites for hydroxylation is 1. The molecule has 0 atom stereocenters. The summed E-state index contributed by atoms with van der Waals surface area (Å²) in [4.78, 5) is 16.7. The normalized spacial score (nSPS) is 11.1. The SMILES string of the molecule is CCCc1noc(-c2cccn3c(CC(=O)Nc4cccc(F)c4)nnc23)n1. The summed E-state index contributed by atoms with van der Waals surface area (Å²) in [5, 5.41) is 14.9. The van der Waals surface area contributed by atoms with Crippen molar-refractivity contribution < 1.29 is 13.7 Å². The van der Waals surface area contributed by atoms with Crippen LogP contribution in [-0.2, 0) is 17.6 Å². The lowest BCUT2D eigenvalue weighted by Gasteiger charge is -2.05.